The van der Waals surface area contributed by atoms with Crippen LogP contribution < -0.4 is 10.6 Å². The van der Waals surface area contributed by atoms with Gasteiger partial charge in [0.1, 0.15) is 11.4 Å². The third-order valence-electron chi connectivity index (χ3n) is 6.44. The van der Waals surface area contributed by atoms with Gasteiger partial charge in [-0.2, -0.15) is 13.2 Å². The Morgan fingerprint density at radius 3 is 2.51 bits per heavy atom. The lowest BCUT2D eigenvalue weighted by Crippen LogP contribution is -2.47. The molecule has 2 aliphatic heterocycles. The number of aliphatic hydroxyl groups excluding tert-OH is 1. The molecule has 1 spiro atoms. The fraction of sp³-hybridized carbons (Fsp3) is 0.440. The summed E-state index contributed by atoms with van der Waals surface area (Å²) in [4.78, 5) is 17.4. The molecule has 0 saturated carbocycles. The number of amidine groups is 1. The number of alkyl halides is 3. The Labute approximate surface area is 207 Å². The van der Waals surface area contributed by atoms with Crippen LogP contribution >= 0.6 is 11.9 Å². The van der Waals surface area contributed by atoms with Crippen LogP contribution in [-0.2, 0) is 17.4 Å². The number of benzene rings is 2. The summed E-state index contributed by atoms with van der Waals surface area (Å²) in [5.74, 6) is 1.09. The van der Waals surface area contributed by atoms with E-state index in [0.717, 1.165) is 30.0 Å². The number of carbonyl (C=O) groups excluding carboxylic acids is 1. The normalized spacial score (nSPS) is 18.0. The number of aliphatic hydroxyl groups is 1. The van der Waals surface area contributed by atoms with Gasteiger partial charge in [0.25, 0.3) is 5.91 Å². The summed E-state index contributed by atoms with van der Waals surface area (Å²) in [7, 11) is 0. The van der Waals surface area contributed by atoms with Crippen LogP contribution in [0.4, 0.5) is 18.9 Å². The molecule has 0 aliphatic carbocycles. The summed E-state index contributed by atoms with van der Waals surface area (Å²) >= 11 is 1.76. The molecule has 2 aromatic carbocycles. The maximum Gasteiger partial charge on any atom is 0.416 e. The van der Waals surface area contributed by atoms with Gasteiger partial charge >= 0.3 is 6.18 Å². The Balaban J connectivity index is 1.29. The predicted octanol–water partition coefficient (Wildman–Crippen LogP) is 4.02. The molecule has 2 aliphatic rings. The van der Waals surface area contributed by atoms with E-state index in [1.54, 1.807) is 11.9 Å². The molecule has 0 aromatic heterocycles. The minimum Gasteiger partial charge on any atom is -0.395 e. The van der Waals surface area contributed by atoms with E-state index in [9.17, 15) is 18.0 Å². The third kappa shape index (κ3) is 5.99. The molecular weight excluding hydrogens is 477 g/mol. The van der Waals surface area contributed by atoms with Crippen LogP contribution in [0.1, 0.15) is 35.1 Å². The first-order valence-electron chi connectivity index (χ1n) is 11.6. The molecule has 10 heteroatoms. The van der Waals surface area contributed by atoms with Gasteiger partial charge in [-0.1, -0.05) is 30.1 Å². The summed E-state index contributed by atoms with van der Waals surface area (Å²) < 4.78 is 40.7. The molecule has 1 fully saturated rings. The smallest absolute Gasteiger partial charge is 0.395 e. The van der Waals surface area contributed by atoms with Crippen molar-refractivity contribution in [3.8, 4) is 0 Å². The van der Waals surface area contributed by atoms with E-state index >= 15 is 0 Å². The van der Waals surface area contributed by atoms with Crippen molar-refractivity contribution in [1.82, 2.24) is 9.62 Å². The van der Waals surface area contributed by atoms with Crippen LogP contribution in [0.5, 0.6) is 0 Å². The number of hydrogen-bond acceptors (Lipinski definition) is 6. The maximum atomic E-state index is 12.8. The summed E-state index contributed by atoms with van der Waals surface area (Å²) in [5, 5.41) is 14.9. The first kappa shape index (κ1) is 25.5. The minimum atomic E-state index is -4.40. The van der Waals surface area contributed by atoms with Gasteiger partial charge in [0.2, 0.25) is 0 Å². The lowest BCUT2D eigenvalue weighted by molar-refractivity contribution is -0.137. The summed E-state index contributed by atoms with van der Waals surface area (Å²) in [5.41, 5.74) is 2.40. The van der Waals surface area contributed by atoms with Crippen molar-refractivity contribution in [2.24, 2.45) is 4.99 Å². The standard InChI is InChI=1S/C25H29F3N4O2S/c1-17-16-21(29-11-14-33)7-4-18(17)8-15-35-32-12-9-24(10-13-32)23(34)30-22(31-24)19-2-5-20(6-3-19)25(26,27)28/h2-7,16,29,33H,8-15H2,1H3,(H,30,31,34). The number of rotatable bonds is 8. The van der Waals surface area contributed by atoms with E-state index in [1.165, 1.54) is 23.3 Å². The lowest BCUT2D eigenvalue weighted by Gasteiger charge is -2.34. The zero-order chi connectivity index (χ0) is 25.1. The van der Waals surface area contributed by atoms with Crippen molar-refractivity contribution >= 4 is 29.4 Å². The zero-order valence-electron chi connectivity index (χ0n) is 19.5. The van der Waals surface area contributed by atoms with Crippen LogP contribution in [0.15, 0.2) is 47.5 Å². The number of carbonyl (C=O) groups is 1. The van der Waals surface area contributed by atoms with Crippen LogP contribution in [0.25, 0.3) is 0 Å². The molecule has 0 unspecified atom stereocenters. The van der Waals surface area contributed by atoms with E-state index in [4.69, 9.17) is 5.11 Å². The van der Waals surface area contributed by atoms with Gasteiger partial charge in [-0.25, -0.2) is 0 Å². The Bertz CT molecular complexity index is 1080. The predicted molar refractivity (Wildman–Crippen MR) is 133 cm³/mol. The van der Waals surface area contributed by atoms with Crippen molar-refractivity contribution in [3.63, 3.8) is 0 Å². The highest BCUT2D eigenvalue weighted by atomic mass is 32.2. The van der Waals surface area contributed by atoms with Gasteiger partial charge in [-0.15, -0.1) is 0 Å². The summed E-state index contributed by atoms with van der Waals surface area (Å²) in [6, 6.07) is 10.9. The van der Waals surface area contributed by atoms with E-state index in [-0.39, 0.29) is 12.5 Å². The first-order chi connectivity index (χ1) is 16.7. The Morgan fingerprint density at radius 1 is 1.17 bits per heavy atom. The van der Waals surface area contributed by atoms with Gasteiger partial charge < -0.3 is 15.7 Å². The van der Waals surface area contributed by atoms with Crippen molar-refractivity contribution in [2.45, 2.75) is 37.9 Å². The van der Waals surface area contributed by atoms with Gasteiger partial charge in [0, 0.05) is 36.6 Å². The van der Waals surface area contributed by atoms with Gasteiger partial charge in [0.05, 0.1) is 12.2 Å². The second kappa shape index (κ2) is 10.6. The van der Waals surface area contributed by atoms with Crippen molar-refractivity contribution in [1.29, 1.82) is 0 Å². The number of nitrogens with zero attached hydrogens (tertiary/aromatic N) is 2. The summed E-state index contributed by atoms with van der Waals surface area (Å²) in [6.45, 7) is 4.13. The number of piperidine rings is 1. The quantitative estimate of drug-likeness (QED) is 0.472. The van der Waals surface area contributed by atoms with Crippen molar-refractivity contribution in [2.75, 3.05) is 37.3 Å². The number of aryl methyl sites for hydroxylation is 2. The molecule has 35 heavy (non-hydrogen) atoms. The minimum absolute atomic E-state index is 0.0951. The largest absolute Gasteiger partial charge is 0.416 e. The molecule has 3 N–H and O–H groups in total. The average Bonchev–Trinajstić information content (AvgIpc) is 3.15. The Kier molecular flexibility index (Phi) is 7.73. The number of hydrogen-bond donors (Lipinski definition) is 3. The zero-order valence-corrected chi connectivity index (χ0v) is 20.3. The molecule has 0 bridgehead atoms. The Morgan fingerprint density at radius 2 is 1.89 bits per heavy atom. The van der Waals surface area contributed by atoms with E-state index in [2.05, 4.69) is 39.0 Å². The molecule has 0 atom stereocenters. The van der Waals surface area contributed by atoms with Gasteiger partial charge in [0.15, 0.2) is 0 Å². The SMILES string of the molecule is Cc1cc(NCCO)ccc1CCSN1CCC2(CC1)N=C(c1ccc(C(F)(F)F)cc1)NC2=O. The fourth-order valence-electron chi connectivity index (χ4n) is 4.37. The van der Waals surface area contributed by atoms with E-state index in [0.29, 0.717) is 43.9 Å². The Hall–Kier alpha value is -2.56. The average molecular weight is 507 g/mol. The molecule has 6 nitrogen and oxygen atoms in total. The second-order valence-electron chi connectivity index (χ2n) is 8.83. The summed E-state index contributed by atoms with van der Waals surface area (Å²) in [6.07, 6.45) is -2.33. The van der Waals surface area contributed by atoms with Crippen LogP contribution in [0.2, 0.25) is 0 Å². The number of aliphatic imine (C=N–C) groups is 1. The third-order valence-corrected chi connectivity index (χ3v) is 7.56. The highest BCUT2D eigenvalue weighted by molar-refractivity contribution is 7.97. The number of nitrogens with one attached hydrogen (secondary N) is 2. The van der Waals surface area contributed by atoms with Gasteiger partial charge in [-0.3, -0.25) is 14.1 Å². The molecular formula is C25H29F3N4O2S. The number of halogens is 3. The second-order valence-corrected chi connectivity index (χ2v) is 10.0. The molecule has 1 amide bonds. The maximum absolute atomic E-state index is 12.8. The first-order valence-corrected chi connectivity index (χ1v) is 12.6. The molecule has 1 saturated heterocycles. The molecule has 188 valence electrons. The molecule has 0 radical (unpaired) electrons. The topological polar surface area (TPSA) is 77.0 Å². The van der Waals surface area contributed by atoms with Crippen LogP contribution in [-0.4, -0.2) is 58.7 Å². The van der Waals surface area contributed by atoms with E-state index < -0.39 is 17.3 Å². The molecule has 2 heterocycles. The molecule has 2 aromatic rings. The monoisotopic (exact) mass is 506 g/mol. The van der Waals surface area contributed by atoms with Gasteiger partial charge in [-0.05, 0) is 61.6 Å². The highest BCUT2D eigenvalue weighted by Gasteiger charge is 2.46. The van der Waals surface area contributed by atoms with Crippen molar-refractivity contribution < 1.29 is 23.1 Å². The van der Waals surface area contributed by atoms with Crippen LogP contribution in [0.3, 0.4) is 0 Å². The van der Waals surface area contributed by atoms with E-state index in [1.807, 2.05) is 6.07 Å². The fourth-order valence-corrected chi connectivity index (χ4v) is 5.38. The molecule has 4 rings (SSSR count). The lowest BCUT2D eigenvalue weighted by atomic mass is 9.89. The highest BCUT2D eigenvalue weighted by Crippen LogP contribution is 2.34. The van der Waals surface area contributed by atoms with Crippen LogP contribution in [0, 0.1) is 6.92 Å². The number of amides is 1. The van der Waals surface area contributed by atoms with Crippen molar-refractivity contribution in [3.05, 3.63) is 64.7 Å². The number of anilines is 1.